The molecule has 0 bridgehead atoms. The second kappa shape index (κ2) is 5.42. The highest BCUT2D eigenvalue weighted by Gasteiger charge is 2.41. The summed E-state index contributed by atoms with van der Waals surface area (Å²) in [4.78, 5) is 25.7. The zero-order valence-corrected chi connectivity index (χ0v) is 12.0. The molecule has 22 heavy (non-hydrogen) atoms. The second-order valence-electron chi connectivity index (χ2n) is 5.48. The van der Waals surface area contributed by atoms with Gasteiger partial charge in [0.05, 0.1) is 30.0 Å². The zero-order valence-electron chi connectivity index (χ0n) is 12.0. The minimum atomic E-state index is -0.823. The molecule has 1 aromatic carbocycles. The van der Waals surface area contributed by atoms with E-state index >= 15 is 0 Å². The highest BCUT2D eigenvalue weighted by atomic mass is 19.1. The van der Waals surface area contributed by atoms with E-state index in [2.05, 4.69) is 10.6 Å². The minimum Gasteiger partial charge on any atom is -0.392 e. The summed E-state index contributed by atoms with van der Waals surface area (Å²) in [5, 5.41) is 14.7. The van der Waals surface area contributed by atoms with Gasteiger partial charge >= 0.3 is 6.03 Å². The molecule has 0 unspecified atom stereocenters. The van der Waals surface area contributed by atoms with Crippen molar-refractivity contribution in [1.29, 1.82) is 0 Å². The highest BCUT2D eigenvalue weighted by Crippen LogP contribution is 2.33. The van der Waals surface area contributed by atoms with Crippen LogP contribution in [0.15, 0.2) is 35.5 Å². The number of urea groups is 1. The number of hydrogen-bond donors (Lipinski definition) is 3. The molecule has 2 heterocycles. The van der Waals surface area contributed by atoms with Crippen molar-refractivity contribution in [2.24, 2.45) is 0 Å². The monoisotopic (exact) mass is 305 g/mol. The van der Waals surface area contributed by atoms with Crippen molar-refractivity contribution in [1.82, 2.24) is 15.5 Å². The third-order valence-electron chi connectivity index (χ3n) is 3.72. The molecule has 0 aliphatic carbocycles. The van der Waals surface area contributed by atoms with Crippen molar-refractivity contribution in [2.45, 2.75) is 19.1 Å². The lowest BCUT2D eigenvalue weighted by molar-refractivity contribution is -0.126. The average Bonchev–Trinajstić information content (AvgIpc) is 2.74. The molecular formula is C15H16FN3O3. The Kier molecular flexibility index (Phi) is 3.58. The SMILES string of the molecule is C[C@H](O)CN1CC2=C(C1=O)[C@H](c1ccccc1F)NC(=O)N2. The quantitative estimate of drug-likeness (QED) is 0.767. The number of hydrogen-bond acceptors (Lipinski definition) is 3. The Balaban J connectivity index is 1.98. The number of rotatable bonds is 3. The molecule has 0 saturated carbocycles. The Bertz CT molecular complexity index is 672. The summed E-state index contributed by atoms with van der Waals surface area (Å²) >= 11 is 0. The molecule has 0 saturated heterocycles. The van der Waals surface area contributed by atoms with Crippen LogP contribution in [0.25, 0.3) is 0 Å². The molecule has 116 valence electrons. The lowest BCUT2D eigenvalue weighted by Gasteiger charge is -2.25. The molecule has 2 aliphatic heterocycles. The van der Waals surface area contributed by atoms with Crippen LogP contribution in [0, 0.1) is 5.82 Å². The van der Waals surface area contributed by atoms with Crippen molar-refractivity contribution in [3.8, 4) is 0 Å². The van der Waals surface area contributed by atoms with E-state index in [-0.39, 0.29) is 24.6 Å². The van der Waals surface area contributed by atoms with Crippen LogP contribution in [0.4, 0.5) is 9.18 Å². The van der Waals surface area contributed by atoms with Crippen molar-refractivity contribution < 1.29 is 19.1 Å². The van der Waals surface area contributed by atoms with Gasteiger partial charge in [-0.3, -0.25) is 4.79 Å². The van der Waals surface area contributed by atoms with Crippen molar-refractivity contribution in [2.75, 3.05) is 13.1 Å². The maximum Gasteiger partial charge on any atom is 0.319 e. The first kappa shape index (κ1) is 14.5. The number of aliphatic hydroxyl groups excluding tert-OH is 1. The van der Waals surface area contributed by atoms with Gasteiger partial charge in [-0.1, -0.05) is 18.2 Å². The standard InChI is InChI=1S/C15H16FN3O3/c1-8(20)6-19-7-11-12(14(19)21)13(18-15(22)17-11)9-4-2-3-5-10(9)16/h2-5,8,13,20H,6-7H2,1H3,(H2,17,18,22)/t8-,13-/m0/s1. The number of carbonyl (C=O) groups excluding carboxylic acids is 2. The molecule has 0 aromatic heterocycles. The van der Waals surface area contributed by atoms with Crippen LogP contribution >= 0.6 is 0 Å². The molecule has 2 atom stereocenters. The number of halogens is 1. The number of benzene rings is 1. The molecule has 1 aromatic rings. The van der Waals surface area contributed by atoms with Gasteiger partial charge in [-0.25, -0.2) is 9.18 Å². The van der Waals surface area contributed by atoms with Gasteiger partial charge in [0.1, 0.15) is 5.82 Å². The Morgan fingerprint density at radius 2 is 2.14 bits per heavy atom. The molecule has 3 amide bonds. The van der Waals surface area contributed by atoms with Crippen LogP contribution in [-0.4, -0.2) is 41.1 Å². The Hall–Kier alpha value is -2.41. The van der Waals surface area contributed by atoms with Crippen LogP contribution in [0.1, 0.15) is 18.5 Å². The number of carbonyl (C=O) groups is 2. The third kappa shape index (κ3) is 2.43. The van der Waals surface area contributed by atoms with E-state index in [4.69, 9.17) is 0 Å². The summed E-state index contributed by atoms with van der Waals surface area (Å²) in [7, 11) is 0. The first-order chi connectivity index (χ1) is 10.5. The van der Waals surface area contributed by atoms with E-state index in [1.807, 2.05) is 0 Å². The summed E-state index contributed by atoms with van der Waals surface area (Å²) < 4.78 is 14.0. The number of aliphatic hydroxyl groups is 1. The molecule has 0 fully saturated rings. The molecule has 6 nitrogen and oxygen atoms in total. The molecule has 0 radical (unpaired) electrons. The summed E-state index contributed by atoms with van der Waals surface area (Å²) in [5.74, 6) is -0.792. The molecule has 7 heteroatoms. The first-order valence-electron chi connectivity index (χ1n) is 6.99. The van der Waals surface area contributed by atoms with Gasteiger partial charge in [0.15, 0.2) is 0 Å². The number of nitrogens with one attached hydrogen (secondary N) is 2. The topological polar surface area (TPSA) is 81.7 Å². The van der Waals surface area contributed by atoms with E-state index in [9.17, 15) is 19.1 Å². The molecule has 3 rings (SSSR count). The van der Waals surface area contributed by atoms with Crippen molar-refractivity contribution >= 4 is 11.9 Å². The summed E-state index contributed by atoms with van der Waals surface area (Å²) in [6.45, 7) is 1.94. The van der Waals surface area contributed by atoms with Crippen molar-refractivity contribution in [3.63, 3.8) is 0 Å². The Morgan fingerprint density at radius 3 is 2.82 bits per heavy atom. The summed E-state index contributed by atoms with van der Waals surface area (Å²) in [5.41, 5.74) is 1.03. The lowest BCUT2D eigenvalue weighted by atomic mass is 9.96. The first-order valence-corrected chi connectivity index (χ1v) is 6.99. The fourth-order valence-corrected chi connectivity index (χ4v) is 2.84. The number of β-amino-alcohol motifs (C(OH)–C–C–N with tert-alkyl or cyclic N) is 1. The van der Waals surface area contributed by atoms with Gasteiger partial charge < -0.3 is 20.6 Å². The molecule has 3 N–H and O–H groups in total. The van der Waals surface area contributed by atoms with Gasteiger partial charge in [-0.05, 0) is 13.0 Å². The van der Waals surface area contributed by atoms with Gasteiger partial charge in [-0.2, -0.15) is 0 Å². The maximum atomic E-state index is 14.0. The smallest absolute Gasteiger partial charge is 0.319 e. The van der Waals surface area contributed by atoms with Crippen LogP contribution in [0.3, 0.4) is 0 Å². The van der Waals surface area contributed by atoms with Gasteiger partial charge in [-0.15, -0.1) is 0 Å². The Labute approximate surface area is 126 Å². The van der Waals surface area contributed by atoms with Crippen molar-refractivity contribution in [3.05, 3.63) is 46.9 Å². The van der Waals surface area contributed by atoms with Gasteiger partial charge in [0.2, 0.25) is 0 Å². The molecule has 2 aliphatic rings. The molecular weight excluding hydrogens is 289 g/mol. The maximum absolute atomic E-state index is 14.0. The van der Waals surface area contributed by atoms with E-state index in [1.54, 1.807) is 25.1 Å². The number of nitrogens with zero attached hydrogens (tertiary/aromatic N) is 1. The van der Waals surface area contributed by atoms with E-state index in [0.29, 0.717) is 11.3 Å². The lowest BCUT2D eigenvalue weighted by Crippen LogP contribution is -2.44. The zero-order chi connectivity index (χ0) is 15.9. The predicted octanol–water partition coefficient (Wildman–Crippen LogP) is 0.657. The summed E-state index contributed by atoms with van der Waals surface area (Å²) in [6.07, 6.45) is -0.680. The van der Waals surface area contributed by atoms with Crippen LogP contribution in [-0.2, 0) is 4.79 Å². The fourth-order valence-electron chi connectivity index (χ4n) is 2.84. The van der Waals surface area contributed by atoms with E-state index < -0.39 is 24.0 Å². The minimum absolute atomic E-state index is 0.158. The summed E-state index contributed by atoms with van der Waals surface area (Å²) in [6, 6.07) is 4.74. The third-order valence-corrected chi connectivity index (χ3v) is 3.72. The second-order valence-corrected chi connectivity index (χ2v) is 5.48. The van der Waals surface area contributed by atoms with Crippen LogP contribution in [0.2, 0.25) is 0 Å². The predicted molar refractivity (Wildman–Crippen MR) is 76.1 cm³/mol. The fraction of sp³-hybridized carbons (Fsp3) is 0.333. The van der Waals surface area contributed by atoms with Gasteiger partial charge in [0, 0.05) is 12.1 Å². The molecule has 0 spiro atoms. The normalized spacial score (nSPS) is 22.3. The van der Waals surface area contributed by atoms with Crippen LogP contribution in [0.5, 0.6) is 0 Å². The highest BCUT2D eigenvalue weighted by molar-refractivity contribution is 6.01. The number of amides is 3. The largest absolute Gasteiger partial charge is 0.392 e. The van der Waals surface area contributed by atoms with E-state index in [0.717, 1.165) is 0 Å². The average molecular weight is 305 g/mol. The van der Waals surface area contributed by atoms with E-state index in [1.165, 1.54) is 11.0 Å². The Morgan fingerprint density at radius 1 is 1.41 bits per heavy atom. The van der Waals surface area contributed by atoms with Crippen LogP contribution < -0.4 is 10.6 Å². The van der Waals surface area contributed by atoms with Gasteiger partial charge in [0.25, 0.3) is 5.91 Å².